The van der Waals surface area contributed by atoms with Crippen molar-refractivity contribution in [2.75, 3.05) is 20.3 Å². The number of hydrogen-bond acceptors (Lipinski definition) is 7. The van der Waals surface area contributed by atoms with Gasteiger partial charge in [0.1, 0.15) is 6.61 Å². The Morgan fingerprint density at radius 2 is 1.76 bits per heavy atom. The van der Waals surface area contributed by atoms with Gasteiger partial charge in [0.2, 0.25) is 0 Å². The van der Waals surface area contributed by atoms with Crippen molar-refractivity contribution >= 4 is 11.9 Å². The van der Waals surface area contributed by atoms with E-state index in [1.807, 2.05) is 0 Å². The van der Waals surface area contributed by atoms with Gasteiger partial charge in [-0.15, -0.1) is 0 Å². The number of esters is 2. The number of nitriles is 1. The number of nitrogens with zero attached hydrogens (tertiary/aromatic N) is 2. The van der Waals surface area contributed by atoms with Gasteiger partial charge in [0.25, 0.3) is 0 Å². The van der Waals surface area contributed by atoms with Crippen LogP contribution in [0.15, 0.2) is 24.3 Å². The number of carbonyl (C=O) groups is 2. The maximum Gasteiger partial charge on any atom is 0.340 e. The van der Waals surface area contributed by atoms with Gasteiger partial charge < -0.3 is 14.2 Å². The molecule has 2 rings (SSSR count). The molecule has 0 fully saturated rings. The van der Waals surface area contributed by atoms with Crippen molar-refractivity contribution in [3.05, 3.63) is 52.3 Å². The second kappa shape index (κ2) is 9.80. The fourth-order valence-corrected chi connectivity index (χ4v) is 2.95. The second-order valence-electron chi connectivity index (χ2n) is 6.68. The van der Waals surface area contributed by atoms with Crippen molar-refractivity contribution in [2.45, 2.75) is 33.8 Å². The minimum Gasteiger partial charge on any atom is -0.460 e. The summed E-state index contributed by atoms with van der Waals surface area (Å²) in [6.45, 7) is 7.14. The van der Waals surface area contributed by atoms with E-state index in [1.165, 1.54) is 7.11 Å². The molecule has 0 aliphatic rings. The van der Waals surface area contributed by atoms with Crippen LogP contribution in [-0.4, -0.2) is 43.4 Å². The number of pyridine rings is 1. The number of methoxy groups -OCH3 is 1. The van der Waals surface area contributed by atoms with E-state index in [1.54, 1.807) is 52.0 Å². The van der Waals surface area contributed by atoms with Gasteiger partial charge in [-0.05, 0) is 45.4 Å². The Kier molecular flexibility index (Phi) is 7.46. The predicted octanol–water partition coefficient (Wildman–Crippen LogP) is 3.61. The van der Waals surface area contributed by atoms with Crippen LogP contribution in [0.4, 0.5) is 0 Å². The van der Waals surface area contributed by atoms with Gasteiger partial charge >= 0.3 is 11.9 Å². The molecule has 0 saturated carbocycles. The molecular formula is C22H24N2O5. The van der Waals surface area contributed by atoms with Crippen molar-refractivity contribution in [3.63, 3.8) is 0 Å². The van der Waals surface area contributed by atoms with E-state index in [-0.39, 0.29) is 30.4 Å². The quantitative estimate of drug-likeness (QED) is 0.521. The first kappa shape index (κ1) is 22.1. The highest BCUT2D eigenvalue weighted by Crippen LogP contribution is 2.33. The zero-order valence-corrected chi connectivity index (χ0v) is 17.2. The Morgan fingerprint density at radius 1 is 1.10 bits per heavy atom. The minimum atomic E-state index is -0.622. The summed E-state index contributed by atoms with van der Waals surface area (Å²) in [7, 11) is 1.51. The number of carbonyl (C=O) groups excluding carboxylic acids is 2. The Hall–Kier alpha value is -3.24. The van der Waals surface area contributed by atoms with Crippen LogP contribution in [0.3, 0.4) is 0 Å². The van der Waals surface area contributed by atoms with Crippen LogP contribution in [0.1, 0.15) is 51.5 Å². The molecule has 0 bridgehead atoms. The molecule has 0 atom stereocenters. The SMILES string of the molecule is COCCOC(=O)c1c(C)nc(C)c(C(=O)OC(C)C)c1-c1cccc(C#N)c1. The highest BCUT2D eigenvalue weighted by atomic mass is 16.6. The van der Waals surface area contributed by atoms with Gasteiger partial charge in [-0.25, -0.2) is 9.59 Å². The monoisotopic (exact) mass is 396 g/mol. The van der Waals surface area contributed by atoms with Gasteiger partial charge in [-0.1, -0.05) is 12.1 Å². The summed E-state index contributed by atoms with van der Waals surface area (Å²) in [4.78, 5) is 30.1. The maximum absolute atomic E-state index is 12.9. The first-order valence-electron chi connectivity index (χ1n) is 9.18. The highest BCUT2D eigenvalue weighted by Gasteiger charge is 2.28. The molecule has 0 saturated heterocycles. The molecule has 1 aromatic heterocycles. The number of ether oxygens (including phenoxy) is 3. The van der Waals surface area contributed by atoms with Crippen LogP contribution in [-0.2, 0) is 14.2 Å². The molecule has 0 spiro atoms. The summed E-state index contributed by atoms with van der Waals surface area (Å²) >= 11 is 0. The van der Waals surface area contributed by atoms with Gasteiger partial charge in [0.15, 0.2) is 0 Å². The molecule has 1 aromatic carbocycles. The van der Waals surface area contributed by atoms with E-state index in [0.717, 1.165) is 0 Å². The topological polar surface area (TPSA) is 98.5 Å². The van der Waals surface area contributed by atoms with Crippen molar-refractivity contribution < 1.29 is 23.8 Å². The molecule has 0 aliphatic heterocycles. The lowest BCUT2D eigenvalue weighted by molar-refractivity contribution is 0.0377. The molecule has 0 aliphatic carbocycles. The molecule has 7 heteroatoms. The molecule has 2 aromatic rings. The molecule has 1 heterocycles. The summed E-state index contributed by atoms with van der Waals surface area (Å²) < 4.78 is 15.6. The largest absolute Gasteiger partial charge is 0.460 e. The number of aryl methyl sites for hydroxylation is 2. The van der Waals surface area contributed by atoms with Crippen molar-refractivity contribution in [2.24, 2.45) is 0 Å². The van der Waals surface area contributed by atoms with Gasteiger partial charge in [-0.2, -0.15) is 5.26 Å². The van der Waals surface area contributed by atoms with Crippen LogP contribution in [0.2, 0.25) is 0 Å². The maximum atomic E-state index is 12.9. The molecule has 152 valence electrons. The summed E-state index contributed by atoms with van der Waals surface area (Å²) in [5.41, 5.74) is 2.47. The third-order valence-electron chi connectivity index (χ3n) is 4.11. The molecule has 29 heavy (non-hydrogen) atoms. The molecule has 0 N–H and O–H groups in total. The first-order chi connectivity index (χ1) is 13.8. The van der Waals surface area contributed by atoms with Crippen LogP contribution in [0.25, 0.3) is 11.1 Å². The number of benzene rings is 1. The van der Waals surface area contributed by atoms with Gasteiger partial charge in [0, 0.05) is 12.7 Å². The minimum absolute atomic E-state index is 0.0616. The van der Waals surface area contributed by atoms with E-state index in [9.17, 15) is 14.9 Å². The van der Waals surface area contributed by atoms with E-state index in [2.05, 4.69) is 11.1 Å². The standard InChI is InChI=1S/C22H24N2O5/c1-13(2)29-22(26)19-15(4)24-14(3)18(21(25)28-10-9-27-5)20(19)17-8-6-7-16(11-17)12-23/h6-8,11,13H,9-10H2,1-5H3. The van der Waals surface area contributed by atoms with Crippen molar-refractivity contribution in [3.8, 4) is 17.2 Å². The summed E-state index contributed by atoms with van der Waals surface area (Å²) in [6, 6.07) is 8.76. The molecule has 0 radical (unpaired) electrons. The van der Waals surface area contributed by atoms with E-state index >= 15 is 0 Å². The lowest BCUT2D eigenvalue weighted by Crippen LogP contribution is -2.20. The lowest BCUT2D eigenvalue weighted by Gasteiger charge is -2.19. The Morgan fingerprint density at radius 3 is 2.34 bits per heavy atom. The molecule has 0 unspecified atom stereocenters. The van der Waals surface area contributed by atoms with Crippen LogP contribution < -0.4 is 0 Å². The summed E-state index contributed by atoms with van der Waals surface area (Å²) in [6.07, 6.45) is -0.349. The summed E-state index contributed by atoms with van der Waals surface area (Å²) in [5.74, 6) is -1.21. The Bertz CT molecular complexity index is 960. The second-order valence-corrected chi connectivity index (χ2v) is 6.68. The number of hydrogen-bond donors (Lipinski definition) is 0. The van der Waals surface area contributed by atoms with E-state index in [0.29, 0.717) is 28.1 Å². The molecule has 0 amide bonds. The number of aromatic nitrogens is 1. The number of rotatable bonds is 7. The fraction of sp³-hybridized carbons (Fsp3) is 0.364. The van der Waals surface area contributed by atoms with E-state index in [4.69, 9.17) is 14.2 Å². The van der Waals surface area contributed by atoms with Crippen molar-refractivity contribution in [1.82, 2.24) is 4.98 Å². The van der Waals surface area contributed by atoms with Gasteiger partial charge in [0.05, 0.1) is 46.9 Å². The fourth-order valence-electron chi connectivity index (χ4n) is 2.95. The van der Waals surface area contributed by atoms with Crippen molar-refractivity contribution in [1.29, 1.82) is 5.26 Å². The van der Waals surface area contributed by atoms with E-state index < -0.39 is 11.9 Å². The third-order valence-corrected chi connectivity index (χ3v) is 4.11. The molecular weight excluding hydrogens is 372 g/mol. The summed E-state index contributed by atoms with van der Waals surface area (Å²) in [5, 5.41) is 9.28. The van der Waals surface area contributed by atoms with Crippen LogP contribution in [0.5, 0.6) is 0 Å². The predicted molar refractivity (Wildman–Crippen MR) is 107 cm³/mol. The normalized spacial score (nSPS) is 10.5. The van der Waals surface area contributed by atoms with Crippen LogP contribution >= 0.6 is 0 Å². The highest BCUT2D eigenvalue weighted by molar-refractivity contribution is 6.07. The zero-order valence-electron chi connectivity index (χ0n) is 17.2. The average molecular weight is 396 g/mol. The average Bonchev–Trinajstić information content (AvgIpc) is 2.66. The Labute approximate surface area is 170 Å². The smallest absolute Gasteiger partial charge is 0.340 e. The Balaban J connectivity index is 2.76. The molecule has 7 nitrogen and oxygen atoms in total. The van der Waals surface area contributed by atoms with Crippen LogP contribution in [0, 0.1) is 25.2 Å². The third kappa shape index (κ3) is 5.18. The first-order valence-corrected chi connectivity index (χ1v) is 9.18. The zero-order chi connectivity index (χ0) is 21.6. The van der Waals surface area contributed by atoms with Gasteiger partial charge in [-0.3, -0.25) is 4.98 Å². The lowest BCUT2D eigenvalue weighted by atomic mass is 9.91.